The van der Waals surface area contributed by atoms with E-state index in [4.69, 9.17) is 0 Å². The summed E-state index contributed by atoms with van der Waals surface area (Å²) in [5, 5.41) is 11.5. The smallest absolute Gasteiger partial charge is 0.0964 e. The van der Waals surface area contributed by atoms with Crippen molar-refractivity contribution < 1.29 is 0 Å². The lowest BCUT2D eigenvalue weighted by molar-refractivity contribution is 0.647. The van der Waals surface area contributed by atoms with Gasteiger partial charge in [-0.15, -0.1) is 16.9 Å². The Labute approximate surface area is 112 Å². The fourth-order valence-corrected chi connectivity index (χ4v) is 2.08. The number of hydrogen-bond acceptors (Lipinski definition) is 4. The third-order valence-electron chi connectivity index (χ3n) is 2.65. The van der Waals surface area contributed by atoms with Crippen LogP contribution in [0.15, 0.2) is 35.4 Å². The summed E-state index contributed by atoms with van der Waals surface area (Å²) in [6.45, 7) is 4.58. The highest BCUT2D eigenvalue weighted by molar-refractivity contribution is 7.98. The second-order valence-electron chi connectivity index (χ2n) is 4.04. The first-order valence-corrected chi connectivity index (χ1v) is 7.27. The zero-order chi connectivity index (χ0) is 12.8. The predicted molar refractivity (Wildman–Crippen MR) is 74.7 cm³/mol. The maximum absolute atomic E-state index is 4.13. The number of nitrogens with one attached hydrogen (secondary N) is 1. The number of benzene rings is 1. The third kappa shape index (κ3) is 3.58. The Kier molecular flexibility index (Phi) is 4.78. The van der Waals surface area contributed by atoms with Gasteiger partial charge in [-0.05, 0) is 30.5 Å². The molecule has 0 aliphatic carbocycles. The Bertz CT molecular complexity index is 478. The minimum absolute atomic E-state index is 0.772. The molecule has 0 radical (unpaired) electrons. The molecular formula is C13H18N4S. The summed E-state index contributed by atoms with van der Waals surface area (Å²) in [4.78, 5) is 1.28. The molecule has 4 nitrogen and oxygen atoms in total. The van der Waals surface area contributed by atoms with Crippen molar-refractivity contribution in [3.8, 4) is 0 Å². The molecule has 1 N–H and O–H groups in total. The highest BCUT2D eigenvalue weighted by atomic mass is 32.2. The molecule has 1 aromatic heterocycles. The molecule has 96 valence electrons. The van der Waals surface area contributed by atoms with Gasteiger partial charge in [0.05, 0.1) is 18.4 Å². The molecule has 0 amide bonds. The molecule has 0 aliphatic heterocycles. The van der Waals surface area contributed by atoms with Crippen LogP contribution in [0.4, 0.5) is 0 Å². The van der Waals surface area contributed by atoms with Crippen LogP contribution in [0.5, 0.6) is 0 Å². The van der Waals surface area contributed by atoms with E-state index in [0.29, 0.717) is 0 Å². The first-order valence-electron chi connectivity index (χ1n) is 6.04. The SMILES string of the molecule is CCNCc1cn(Cc2ccc(SC)cc2)nn1. The summed E-state index contributed by atoms with van der Waals surface area (Å²) >= 11 is 1.75. The molecule has 2 aromatic rings. The van der Waals surface area contributed by atoms with E-state index in [1.807, 2.05) is 10.9 Å². The van der Waals surface area contributed by atoms with Gasteiger partial charge in [0.2, 0.25) is 0 Å². The fourth-order valence-electron chi connectivity index (χ4n) is 1.67. The fraction of sp³-hybridized carbons (Fsp3) is 0.385. The highest BCUT2D eigenvalue weighted by Gasteiger charge is 2.01. The Balaban J connectivity index is 1.97. The van der Waals surface area contributed by atoms with E-state index in [9.17, 15) is 0 Å². The summed E-state index contributed by atoms with van der Waals surface area (Å²) in [5.41, 5.74) is 2.23. The molecule has 0 unspecified atom stereocenters. The predicted octanol–water partition coefficient (Wildman–Crippen LogP) is 2.16. The van der Waals surface area contributed by atoms with Crippen LogP contribution in [0.2, 0.25) is 0 Å². The van der Waals surface area contributed by atoms with Crippen LogP contribution in [0, 0.1) is 0 Å². The summed E-state index contributed by atoms with van der Waals surface area (Å²) in [7, 11) is 0. The van der Waals surface area contributed by atoms with E-state index in [1.165, 1.54) is 10.5 Å². The van der Waals surface area contributed by atoms with Gasteiger partial charge in [-0.2, -0.15) is 0 Å². The summed E-state index contributed by atoms with van der Waals surface area (Å²) in [6.07, 6.45) is 4.07. The Morgan fingerprint density at radius 2 is 2.06 bits per heavy atom. The van der Waals surface area contributed by atoms with Crippen LogP contribution in [-0.2, 0) is 13.1 Å². The van der Waals surface area contributed by atoms with Crippen LogP contribution in [0.3, 0.4) is 0 Å². The van der Waals surface area contributed by atoms with Gasteiger partial charge in [0.1, 0.15) is 0 Å². The Morgan fingerprint density at radius 1 is 1.28 bits per heavy atom. The molecule has 0 spiro atoms. The van der Waals surface area contributed by atoms with Crippen LogP contribution in [0.25, 0.3) is 0 Å². The quantitative estimate of drug-likeness (QED) is 0.810. The number of rotatable bonds is 6. The van der Waals surface area contributed by atoms with Gasteiger partial charge in [0.15, 0.2) is 0 Å². The van der Waals surface area contributed by atoms with E-state index >= 15 is 0 Å². The van der Waals surface area contributed by atoms with Gasteiger partial charge < -0.3 is 5.32 Å². The Hall–Kier alpha value is -1.33. The van der Waals surface area contributed by atoms with Crippen molar-refractivity contribution in [1.29, 1.82) is 0 Å². The first-order chi connectivity index (χ1) is 8.81. The number of thioether (sulfide) groups is 1. The minimum Gasteiger partial charge on any atom is -0.311 e. The van der Waals surface area contributed by atoms with Crippen molar-refractivity contribution in [1.82, 2.24) is 20.3 Å². The van der Waals surface area contributed by atoms with E-state index in [2.05, 4.69) is 53.1 Å². The molecule has 5 heteroatoms. The van der Waals surface area contributed by atoms with Crippen molar-refractivity contribution in [3.05, 3.63) is 41.7 Å². The maximum Gasteiger partial charge on any atom is 0.0964 e. The molecule has 0 bridgehead atoms. The number of hydrogen-bond donors (Lipinski definition) is 1. The van der Waals surface area contributed by atoms with Crippen molar-refractivity contribution in [2.45, 2.75) is 24.9 Å². The van der Waals surface area contributed by atoms with Crippen molar-refractivity contribution >= 4 is 11.8 Å². The van der Waals surface area contributed by atoms with Gasteiger partial charge in [-0.25, -0.2) is 4.68 Å². The lowest BCUT2D eigenvalue weighted by Crippen LogP contribution is -2.11. The average Bonchev–Trinajstić information content (AvgIpc) is 2.85. The second kappa shape index (κ2) is 6.56. The highest BCUT2D eigenvalue weighted by Crippen LogP contribution is 2.15. The van der Waals surface area contributed by atoms with Crippen LogP contribution >= 0.6 is 11.8 Å². The monoisotopic (exact) mass is 262 g/mol. The molecule has 0 aliphatic rings. The normalized spacial score (nSPS) is 10.8. The van der Waals surface area contributed by atoms with Gasteiger partial charge in [0, 0.05) is 11.4 Å². The standard InChI is InChI=1S/C13H18N4S/c1-3-14-8-12-10-17(16-15-12)9-11-4-6-13(18-2)7-5-11/h4-7,10,14H,3,8-9H2,1-2H3. The van der Waals surface area contributed by atoms with Gasteiger partial charge in [-0.3, -0.25) is 0 Å². The molecule has 0 saturated carbocycles. The molecule has 1 heterocycles. The van der Waals surface area contributed by atoms with Crippen molar-refractivity contribution in [2.24, 2.45) is 0 Å². The molecule has 0 atom stereocenters. The van der Waals surface area contributed by atoms with Gasteiger partial charge >= 0.3 is 0 Å². The van der Waals surface area contributed by atoms with Gasteiger partial charge in [0.25, 0.3) is 0 Å². The van der Waals surface area contributed by atoms with Crippen molar-refractivity contribution in [3.63, 3.8) is 0 Å². The number of nitrogens with zero attached hydrogens (tertiary/aromatic N) is 3. The topological polar surface area (TPSA) is 42.7 Å². The molecule has 0 fully saturated rings. The lowest BCUT2D eigenvalue weighted by atomic mass is 10.2. The second-order valence-corrected chi connectivity index (χ2v) is 4.92. The Morgan fingerprint density at radius 3 is 2.72 bits per heavy atom. The molecule has 18 heavy (non-hydrogen) atoms. The average molecular weight is 262 g/mol. The maximum atomic E-state index is 4.13. The van der Waals surface area contributed by atoms with E-state index in [1.54, 1.807) is 11.8 Å². The summed E-state index contributed by atoms with van der Waals surface area (Å²) in [6, 6.07) is 8.54. The zero-order valence-electron chi connectivity index (χ0n) is 10.8. The summed E-state index contributed by atoms with van der Waals surface area (Å²) in [5.74, 6) is 0. The molecule has 2 rings (SSSR count). The molecular weight excluding hydrogens is 244 g/mol. The first kappa shape index (κ1) is 13.1. The van der Waals surface area contributed by atoms with Gasteiger partial charge in [-0.1, -0.05) is 24.3 Å². The van der Waals surface area contributed by atoms with Crippen LogP contribution in [-0.4, -0.2) is 27.8 Å². The zero-order valence-corrected chi connectivity index (χ0v) is 11.6. The molecule has 1 aromatic carbocycles. The van der Waals surface area contributed by atoms with Crippen LogP contribution in [0.1, 0.15) is 18.2 Å². The van der Waals surface area contributed by atoms with E-state index in [0.717, 1.165) is 25.3 Å². The number of aromatic nitrogens is 3. The van der Waals surface area contributed by atoms with Crippen molar-refractivity contribution in [2.75, 3.05) is 12.8 Å². The lowest BCUT2D eigenvalue weighted by Gasteiger charge is -2.02. The van der Waals surface area contributed by atoms with E-state index < -0.39 is 0 Å². The summed E-state index contributed by atoms with van der Waals surface area (Å²) < 4.78 is 1.88. The third-order valence-corrected chi connectivity index (χ3v) is 3.39. The van der Waals surface area contributed by atoms with Crippen LogP contribution < -0.4 is 5.32 Å². The largest absolute Gasteiger partial charge is 0.311 e. The molecule has 0 saturated heterocycles. The minimum atomic E-state index is 0.772. The van der Waals surface area contributed by atoms with E-state index in [-0.39, 0.29) is 0 Å².